The molecule has 1 aliphatic heterocycles. The van der Waals surface area contributed by atoms with Crippen LogP contribution >= 0.6 is 0 Å². The Labute approximate surface area is 212 Å². The zero-order chi connectivity index (χ0) is 25.6. The van der Waals surface area contributed by atoms with Gasteiger partial charge in [-0.25, -0.2) is 0 Å². The number of cyclic esters (lactones) is 1. The topological polar surface area (TPSA) is 105 Å². The molecule has 0 aliphatic carbocycles. The van der Waals surface area contributed by atoms with Crippen molar-refractivity contribution in [2.24, 2.45) is 11.8 Å². The zero-order valence-corrected chi connectivity index (χ0v) is 20.6. The maximum absolute atomic E-state index is 12.8. The molecule has 7 heteroatoms. The molecule has 2 aromatic carbocycles. The molecule has 0 spiro atoms. The number of ether oxygens (including phenoxy) is 1. The van der Waals surface area contributed by atoms with Crippen molar-refractivity contribution < 1.29 is 24.2 Å². The van der Waals surface area contributed by atoms with E-state index in [2.05, 4.69) is 10.6 Å². The average molecular weight is 493 g/mol. The Morgan fingerprint density at radius 2 is 1.69 bits per heavy atom. The summed E-state index contributed by atoms with van der Waals surface area (Å²) in [7, 11) is 0. The number of allylic oxidation sites excluding steroid dienone is 2. The molecule has 0 saturated carbocycles. The maximum atomic E-state index is 12.8. The number of nitrogens with one attached hydrogen (secondary N) is 2. The monoisotopic (exact) mass is 492 g/mol. The van der Waals surface area contributed by atoms with Crippen LogP contribution in [0, 0.1) is 11.8 Å². The molecule has 36 heavy (non-hydrogen) atoms. The Balaban J connectivity index is 1.56. The second-order valence-electron chi connectivity index (χ2n) is 9.17. The summed E-state index contributed by atoms with van der Waals surface area (Å²) < 4.78 is 5.44. The molecule has 7 nitrogen and oxygen atoms in total. The summed E-state index contributed by atoms with van der Waals surface area (Å²) in [4.78, 5) is 38.1. The second-order valence-corrected chi connectivity index (χ2v) is 9.17. The number of benzene rings is 2. The summed E-state index contributed by atoms with van der Waals surface area (Å²) in [5.41, 5.74) is 2.10. The van der Waals surface area contributed by atoms with Crippen molar-refractivity contribution in [3.05, 3.63) is 83.9 Å². The number of aliphatic hydroxyl groups is 1. The summed E-state index contributed by atoms with van der Waals surface area (Å²) in [6, 6.07) is 19.1. The van der Waals surface area contributed by atoms with Crippen LogP contribution in [-0.2, 0) is 32.0 Å². The van der Waals surface area contributed by atoms with Crippen LogP contribution in [0.3, 0.4) is 0 Å². The minimum absolute atomic E-state index is 0.0118. The third-order valence-corrected chi connectivity index (χ3v) is 6.29. The van der Waals surface area contributed by atoms with E-state index in [-0.39, 0.29) is 49.9 Å². The third kappa shape index (κ3) is 9.30. The van der Waals surface area contributed by atoms with E-state index in [0.717, 1.165) is 11.1 Å². The molecule has 0 bridgehead atoms. The van der Waals surface area contributed by atoms with E-state index < -0.39 is 12.0 Å². The molecule has 2 amide bonds. The van der Waals surface area contributed by atoms with Crippen molar-refractivity contribution >= 4 is 17.8 Å². The third-order valence-electron chi connectivity index (χ3n) is 6.29. The maximum Gasteiger partial charge on any atom is 0.309 e. The van der Waals surface area contributed by atoms with Crippen LogP contribution in [0.2, 0.25) is 0 Å². The largest absolute Gasteiger partial charge is 0.464 e. The average Bonchev–Trinajstić information content (AvgIpc) is 2.90. The predicted octanol–water partition coefficient (Wildman–Crippen LogP) is 2.97. The molecule has 0 saturated heterocycles. The van der Waals surface area contributed by atoms with Crippen molar-refractivity contribution in [1.82, 2.24) is 10.6 Å². The van der Waals surface area contributed by atoms with Crippen LogP contribution in [0.1, 0.15) is 36.8 Å². The number of aliphatic hydroxyl groups excluding tert-OH is 1. The minimum Gasteiger partial charge on any atom is -0.464 e. The van der Waals surface area contributed by atoms with Gasteiger partial charge in [-0.05, 0) is 43.2 Å². The van der Waals surface area contributed by atoms with Gasteiger partial charge in [0.1, 0.15) is 6.61 Å². The number of hydrogen-bond acceptors (Lipinski definition) is 5. The highest BCUT2D eigenvalue weighted by Gasteiger charge is 2.24. The van der Waals surface area contributed by atoms with Gasteiger partial charge in [0.05, 0.1) is 31.0 Å². The molecular formula is C29H36N2O5. The molecule has 0 unspecified atom stereocenters. The van der Waals surface area contributed by atoms with Crippen molar-refractivity contribution in [3.8, 4) is 0 Å². The molecule has 2 aromatic rings. The lowest BCUT2D eigenvalue weighted by atomic mass is 9.94. The quantitative estimate of drug-likeness (QED) is 0.388. The Kier molecular flexibility index (Phi) is 11.2. The number of amides is 2. The smallest absolute Gasteiger partial charge is 0.309 e. The number of esters is 1. The standard InChI is InChI=1S/C29H36N2O5/c32-21-26(19-23-12-6-2-7-13-23)31-27(33)20-24-14-8-3-9-15-25(18-22-10-4-1-5-11-22)29(35)36-17-16-30-28(24)34/h1-8,10-13,24-26,32H,9,14-21H2,(H,30,34)(H,31,33)/t24-,25-,26-/m1/s1. The molecule has 192 valence electrons. The molecule has 0 radical (unpaired) electrons. The Hall–Kier alpha value is -3.45. The molecule has 3 rings (SSSR count). The van der Waals surface area contributed by atoms with Gasteiger partial charge in [0.2, 0.25) is 11.8 Å². The molecule has 1 heterocycles. The number of carbonyl (C=O) groups excluding carboxylic acids is 3. The molecule has 3 N–H and O–H groups in total. The van der Waals surface area contributed by atoms with E-state index in [1.807, 2.05) is 72.8 Å². The summed E-state index contributed by atoms with van der Waals surface area (Å²) in [5, 5.41) is 15.4. The molecule has 0 fully saturated rings. The Bertz CT molecular complexity index is 993. The van der Waals surface area contributed by atoms with Gasteiger partial charge in [0.15, 0.2) is 0 Å². The Morgan fingerprint density at radius 3 is 2.39 bits per heavy atom. The first-order valence-electron chi connectivity index (χ1n) is 12.6. The van der Waals surface area contributed by atoms with E-state index in [9.17, 15) is 19.5 Å². The van der Waals surface area contributed by atoms with E-state index in [1.54, 1.807) is 0 Å². The lowest BCUT2D eigenvalue weighted by Gasteiger charge is -2.19. The number of rotatable bonds is 8. The van der Waals surface area contributed by atoms with Crippen LogP contribution in [0.5, 0.6) is 0 Å². The second kappa shape index (κ2) is 14.8. The highest BCUT2D eigenvalue weighted by Crippen LogP contribution is 2.18. The van der Waals surface area contributed by atoms with Crippen molar-refractivity contribution in [3.63, 3.8) is 0 Å². The van der Waals surface area contributed by atoms with Crippen molar-refractivity contribution in [2.45, 2.75) is 44.6 Å². The fraction of sp³-hybridized carbons (Fsp3) is 0.414. The predicted molar refractivity (Wildman–Crippen MR) is 138 cm³/mol. The lowest BCUT2D eigenvalue weighted by Crippen LogP contribution is -2.42. The number of hydrogen-bond donors (Lipinski definition) is 3. The van der Waals surface area contributed by atoms with Gasteiger partial charge in [-0.2, -0.15) is 0 Å². The molecule has 3 atom stereocenters. The Morgan fingerprint density at radius 1 is 1.00 bits per heavy atom. The van der Waals surface area contributed by atoms with Gasteiger partial charge in [-0.15, -0.1) is 0 Å². The molecular weight excluding hydrogens is 456 g/mol. The number of carbonyl (C=O) groups is 3. The summed E-state index contributed by atoms with van der Waals surface area (Å²) in [5.74, 6) is -1.60. The first-order valence-corrected chi connectivity index (χ1v) is 12.6. The highest BCUT2D eigenvalue weighted by molar-refractivity contribution is 5.86. The van der Waals surface area contributed by atoms with Gasteiger partial charge in [-0.1, -0.05) is 72.8 Å². The van der Waals surface area contributed by atoms with Gasteiger partial charge in [0.25, 0.3) is 0 Å². The van der Waals surface area contributed by atoms with E-state index in [4.69, 9.17) is 4.74 Å². The van der Waals surface area contributed by atoms with E-state index in [1.165, 1.54) is 0 Å². The van der Waals surface area contributed by atoms with Crippen LogP contribution in [0.4, 0.5) is 0 Å². The van der Waals surface area contributed by atoms with Crippen LogP contribution in [-0.4, -0.2) is 48.7 Å². The van der Waals surface area contributed by atoms with Crippen molar-refractivity contribution in [2.75, 3.05) is 19.8 Å². The first kappa shape index (κ1) is 27.1. The fourth-order valence-electron chi connectivity index (χ4n) is 4.32. The van der Waals surface area contributed by atoms with Crippen molar-refractivity contribution in [1.29, 1.82) is 0 Å². The molecule has 0 aromatic heterocycles. The van der Waals surface area contributed by atoms with E-state index in [0.29, 0.717) is 32.1 Å². The van der Waals surface area contributed by atoms with Gasteiger partial charge in [-0.3, -0.25) is 14.4 Å². The van der Waals surface area contributed by atoms with E-state index >= 15 is 0 Å². The summed E-state index contributed by atoms with van der Waals surface area (Å²) >= 11 is 0. The van der Waals surface area contributed by atoms with Gasteiger partial charge in [0, 0.05) is 6.42 Å². The van der Waals surface area contributed by atoms with Crippen LogP contribution in [0.25, 0.3) is 0 Å². The van der Waals surface area contributed by atoms with Crippen LogP contribution < -0.4 is 10.6 Å². The minimum atomic E-state index is -0.547. The molecule has 1 aliphatic rings. The fourth-order valence-corrected chi connectivity index (χ4v) is 4.32. The van der Waals surface area contributed by atoms with Crippen LogP contribution in [0.15, 0.2) is 72.8 Å². The first-order chi connectivity index (χ1) is 17.5. The summed E-state index contributed by atoms with van der Waals surface area (Å²) in [6.07, 6.45) is 6.75. The normalized spacial score (nSPS) is 20.1. The van der Waals surface area contributed by atoms with Gasteiger partial charge >= 0.3 is 5.97 Å². The SMILES string of the molecule is O=C(C[C@H]1CC=CCC[C@H](Cc2ccccc2)C(=O)OCCNC1=O)N[C@@H](CO)Cc1ccccc1. The summed E-state index contributed by atoms with van der Waals surface area (Å²) in [6.45, 7) is 0.0938. The zero-order valence-electron chi connectivity index (χ0n) is 20.6. The lowest BCUT2D eigenvalue weighted by molar-refractivity contribution is -0.149. The highest BCUT2D eigenvalue weighted by atomic mass is 16.5. The van der Waals surface area contributed by atoms with Gasteiger partial charge < -0.3 is 20.5 Å².